The van der Waals surface area contributed by atoms with Crippen molar-refractivity contribution in [3.8, 4) is 0 Å². The number of carboxylic acid groups (broad SMARTS) is 2. The van der Waals surface area contributed by atoms with E-state index < -0.39 is 11.9 Å². The molecule has 1 radical (unpaired) electrons. The largest absolute Gasteiger partial charge is 3.00 e. The van der Waals surface area contributed by atoms with E-state index in [1.54, 1.807) is 0 Å². The van der Waals surface area contributed by atoms with Crippen LogP contribution in [0.3, 0.4) is 0 Å². The standard InChI is InChI=1S/C35H37N4O4.Fe/c1-8-22-18(3)28-17-33-23(9-2)21(6)32(39(33)7)16-27-20(5)25(11-13-35(42)43)31(38-27)15-30-24(10-12-34(40)41)19(4)26(36-30)14-29(22)37-28;/h9,14-17H,2,7-8,10-13H2,1,3-6H3,(H3,36,37,38,40,41,42,43);/q-1;+3/p-1. The molecule has 8 nitrogen and oxygen atoms in total. The molecule has 9 heteroatoms. The van der Waals surface area contributed by atoms with Crippen LogP contribution in [0.25, 0.3) is 50.4 Å². The molecule has 0 unspecified atom stereocenters. The molecule has 0 aromatic carbocycles. The fourth-order valence-corrected chi connectivity index (χ4v) is 6.13. The summed E-state index contributed by atoms with van der Waals surface area (Å²) in [4.78, 5) is 38.1. The van der Waals surface area contributed by atoms with Crippen LogP contribution in [-0.2, 0) is 33.1 Å². The van der Waals surface area contributed by atoms with E-state index in [0.717, 1.165) is 78.9 Å². The number of carbonyl (C=O) groups is 2. The van der Waals surface area contributed by atoms with Crippen molar-refractivity contribution in [3.05, 3.63) is 82.9 Å². The van der Waals surface area contributed by atoms with Gasteiger partial charge in [-0.1, -0.05) is 77.1 Å². The van der Waals surface area contributed by atoms with E-state index >= 15 is 0 Å². The van der Waals surface area contributed by atoms with Crippen LogP contribution < -0.4 is 4.98 Å². The van der Waals surface area contributed by atoms with Crippen molar-refractivity contribution in [2.75, 3.05) is 0 Å². The van der Waals surface area contributed by atoms with Crippen molar-refractivity contribution in [2.24, 2.45) is 0 Å². The molecular weight excluding hydrogens is 596 g/mol. The summed E-state index contributed by atoms with van der Waals surface area (Å²) in [5, 5.41) is 19.0. The quantitative estimate of drug-likeness (QED) is 0.195. The van der Waals surface area contributed by atoms with Crippen LogP contribution in [0.2, 0.25) is 0 Å². The predicted molar refractivity (Wildman–Crippen MR) is 172 cm³/mol. The number of nitrogens with zero attached hydrogens (tertiary/aromatic N) is 4. The van der Waals surface area contributed by atoms with Crippen molar-refractivity contribution in [3.63, 3.8) is 0 Å². The number of aryl methyl sites for hydroxylation is 3. The van der Waals surface area contributed by atoms with Crippen LogP contribution in [-0.4, -0.2) is 36.7 Å². The Morgan fingerprint density at radius 2 is 1.39 bits per heavy atom. The molecule has 5 heterocycles. The summed E-state index contributed by atoms with van der Waals surface area (Å²) in [6, 6.07) is 7.88. The van der Waals surface area contributed by atoms with Gasteiger partial charge >= 0.3 is 29.0 Å². The zero-order valence-electron chi connectivity index (χ0n) is 25.7. The van der Waals surface area contributed by atoms with E-state index in [4.69, 9.17) is 15.0 Å². The number of carboxylic acids is 2. The van der Waals surface area contributed by atoms with E-state index in [0.29, 0.717) is 29.7 Å². The summed E-state index contributed by atoms with van der Waals surface area (Å²) in [5.41, 5.74) is 13.7. The third-order valence-electron chi connectivity index (χ3n) is 8.64. The number of fused-ring (bicyclic) bond motifs is 8. The van der Waals surface area contributed by atoms with Crippen molar-refractivity contribution in [1.82, 2.24) is 19.5 Å². The Bertz CT molecular complexity index is 1940. The normalized spacial score (nSPS) is 12.8. The number of allylic oxidation sites excluding steroid dienone is 4. The molecule has 0 spiro atoms. The van der Waals surface area contributed by atoms with Gasteiger partial charge in [0.15, 0.2) is 0 Å². The monoisotopic (exact) mass is 632 g/mol. The summed E-state index contributed by atoms with van der Waals surface area (Å²) >= 11 is 0. The summed E-state index contributed by atoms with van der Waals surface area (Å²) in [6.45, 7) is 14.2. The first-order chi connectivity index (χ1) is 20.4. The van der Waals surface area contributed by atoms with Gasteiger partial charge in [-0.25, -0.2) is 9.97 Å². The summed E-state index contributed by atoms with van der Waals surface area (Å²) in [5.74, 6) is -1.78. The van der Waals surface area contributed by atoms with E-state index in [1.165, 1.54) is 0 Å². The maximum absolute atomic E-state index is 11.6. The average Bonchev–Trinajstić information content (AvgIpc) is 3.59. The van der Waals surface area contributed by atoms with Gasteiger partial charge in [0.25, 0.3) is 0 Å². The van der Waals surface area contributed by atoms with Crippen LogP contribution in [0.1, 0.15) is 91.5 Å². The van der Waals surface area contributed by atoms with Crippen LogP contribution >= 0.6 is 0 Å². The SMILES string of the molecule is C=Cc1c(C)c2cc3nc(cc4[n-]c(cc5nc(cc1n2[CH2-])C(C)=C5CC)c(C)c4CCC(=O)O)C(CCC(=O)O)=C3C.[Fe+3]. The van der Waals surface area contributed by atoms with E-state index in [2.05, 4.69) is 27.5 Å². The molecular formula is C35H36FeN4O4+. The second-order valence-electron chi connectivity index (χ2n) is 11.1. The zero-order valence-corrected chi connectivity index (χ0v) is 26.8. The molecule has 0 saturated heterocycles. The summed E-state index contributed by atoms with van der Waals surface area (Å²) in [7, 11) is 4.38. The third-order valence-corrected chi connectivity index (χ3v) is 8.64. The Morgan fingerprint density at radius 3 is 1.98 bits per heavy atom. The fourth-order valence-electron chi connectivity index (χ4n) is 6.13. The molecule has 0 atom stereocenters. The molecule has 2 aliphatic heterocycles. The Hall–Kier alpha value is -4.33. The average molecular weight is 633 g/mol. The van der Waals surface area contributed by atoms with Gasteiger partial charge in [0.05, 0.1) is 22.8 Å². The maximum Gasteiger partial charge on any atom is 3.00 e. The number of aliphatic carboxylic acids is 2. The molecule has 0 fully saturated rings. The zero-order chi connectivity index (χ0) is 31.2. The van der Waals surface area contributed by atoms with Gasteiger partial charge in [-0.05, 0) is 69.2 Å². The minimum absolute atomic E-state index is 0. The van der Waals surface area contributed by atoms with Gasteiger partial charge in [-0.3, -0.25) is 9.59 Å². The van der Waals surface area contributed by atoms with Gasteiger partial charge in [0.1, 0.15) is 0 Å². The van der Waals surface area contributed by atoms with Gasteiger partial charge < -0.3 is 19.8 Å². The first-order valence-electron chi connectivity index (χ1n) is 14.4. The Labute approximate surface area is 267 Å². The van der Waals surface area contributed by atoms with Crippen molar-refractivity contribution in [1.29, 1.82) is 0 Å². The molecule has 3 aromatic heterocycles. The molecule has 44 heavy (non-hydrogen) atoms. The molecule has 0 aliphatic carbocycles. The number of hydrogen-bond donors (Lipinski definition) is 2. The molecule has 0 saturated carbocycles. The van der Waals surface area contributed by atoms with Crippen LogP contribution in [0, 0.1) is 20.9 Å². The fraction of sp³-hybridized carbons (Fsp3) is 0.286. The van der Waals surface area contributed by atoms with Gasteiger partial charge in [-0.2, -0.15) is 0 Å². The third kappa shape index (κ3) is 5.77. The summed E-state index contributed by atoms with van der Waals surface area (Å²) < 4.78 is 1.88. The van der Waals surface area contributed by atoms with Crippen molar-refractivity contribution in [2.45, 2.75) is 66.7 Å². The minimum Gasteiger partial charge on any atom is -0.657 e. The van der Waals surface area contributed by atoms with E-state index in [1.807, 2.05) is 55.7 Å². The van der Waals surface area contributed by atoms with E-state index in [9.17, 15) is 19.8 Å². The molecule has 5 rings (SSSR count). The molecule has 2 aliphatic rings. The van der Waals surface area contributed by atoms with Crippen LogP contribution in [0.5, 0.6) is 0 Å². The molecule has 3 aromatic rings. The number of hydrogen-bond acceptors (Lipinski definition) is 4. The smallest absolute Gasteiger partial charge is 0.657 e. The van der Waals surface area contributed by atoms with Crippen LogP contribution in [0.4, 0.5) is 0 Å². The molecule has 2 N–H and O–H groups in total. The van der Waals surface area contributed by atoms with Crippen molar-refractivity contribution >= 4 is 62.4 Å². The van der Waals surface area contributed by atoms with Gasteiger partial charge in [0.2, 0.25) is 0 Å². The Morgan fingerprint density at radius 1 is 0.841 bits per heavy atom. The van der Waals surface area contributed by atoms with Gasteiger partial charge in [0, 0.05) is 12.8 Å². The predicted octanol–water partition coefficient (Wildman–Crippen LogP) is 7.47. The summed E-state index contributed by atoms with van der Waals surface area (Å²) in [6.07, 6.45) is 3.15. The first-order valence-corrected chi connectivity index (χ1v) is 14.4. The van der Waals surface area contributed by atoms with Gasteiger partial charge in [-0.15, -0.1) is 18.1 Å². The van der Waals surface area contributed by atoms with E-state index in [-0.39, 0.29) is 29.9 Å². The topological polar surface area (TPSA) is 119 Å². The second-order valence-corrected chi connectivity index (χ2v) is 11.1. The minimum atomic E-state index is -0.890. The second kappa shape index (κ2) is 12.7. The van der Waals surface area contributed by atoms with Crippen molar-refractivity contribution < 1.29 is 36.9 Å². The maximum atomic E-state index is 11.6. The first kappa shape index (κ1) is 32.6. The Balaban J connectivity index is 0.00000442. The number of rotatable bonds is 8. The molecule has 0 amide bonds. The van der Waals surface area contributed by atoms with Crippen LogP contribution in [0.15, 0.2) is 30.8 Å². The molecule has 8 bridgehead atoms. The molecule has 227 valence electrons. The Kier molecular flexibility index (Phi) is 9.42. The number of aromatic nitrogens is 4.